The number of likely N-dealkylation sites (N-methyl/N-ethyl adjacent to an activating group) is 1. The minimum atomic E-state index is 0.0583. The fourth-order valence-electron chi connectivity index (χ4n) is 1.43. The van der Waals surface area contributed by atoms with Crippen LogP contribution in [0.5, 0.6) is 5.75 Å². The second-order valence-electron chi connectivity index (χ2n) is 4.00. The first-order chi connectivity index (χ1) is 8.15. The van der Waals surface area contributed by atoms with Crippen LogP contribution in [0.4, 0.5) is 0 Å². The zero-order chi connectivity index (χ0) is 12.7. The minimum Gasteiger partial charge on any atom is -0.490 e. The van der Waals surface area contributed by atoms with Crippen LogP contribution in [0, 0.1) is 0 Å². The molecule has 0 atom stereocenters. The number of ether oxygens (including phenoxy) is 2. The van der Waals surface area contributed by atoms with Crippen molar-refractivity contribution in [1.82, 2.24) is 4.90 Å². The highest BCUT2D eigenvalue weighted by atomic mass is 16.5. The van der Waals surface area contributed by atoms with Gasteiger partial charge in [0.05, 0.1) is 18.7 Å². The first-order valence-corrected chi connectivity index (χ1v) is 5.54. The van der Waals surface area contributed by atoms with E-state index in [4.69, 9.17) is 9.47 Å². The van der Waals surface area contributed by atoms with Crippen molar-refractivity contribution >= 4 is 5.78 Å². The van der Waals surface area contributed by atoms with Crippen LogP contribution in [0.2, 0.25) is 0 Å². The maximum Gasteiger partial charge on any atom is 0.180 e. The molecule has 1 aromatic rings. The van der Waals surface area contributed by atoms with Gasteiger partial charge < -0.3 is 14.4 Å². The number of carbonyl (C=O) groups excluding carboxylic acids is 1. The molecule has 0 N–H and O–H groups in total. The zero-order valence-electron chi connectivity index (χ0n) is 10.6. The van der Waals surface area contributed by atoms with Gasteiger partial charge in [-0.3, -0.25) is 4.79 Å². The number of hydrogen-bond donors (Lipinski definition) is 0. The topological polar surface area (TPSA) is 38.8 Å². The van der Waals surface area contributed by atoms with Gasteiger partial charge in [0.1, 0.15) is 12.4 Å². The second-order valence-corrected chi connectivity index (χ2v) is 4.00. The van der Waals surface area contributed by atoms with E-state index in [2.05, 4.69) is 0 Å². The first kappa shape index (κ1) is 13.7. The van der Waals surface area contributed by atoms with E-state index in [1.54, 1.807) is 19.2 Å². The molecule has 94 valence electrons. The maximum absolute atomic E-state index is 12.0. The van der Waals surface area contributed by atoms with Crippen molar-refractivity contribution in [2.75, 3.05) is 41.0 Å². The van der Waals surface area contributed by atoms with E-state index in [0.717, 1.165) is 0 Å². The van der Waals surface area contributed by atoms with E-state index >= 15 is 0 Å². The van der Waals surface area contributed by atoms with Gasteiger partial charge in [0.25, 0.3) is 0 Å². The van der Waals surface area contributed by atoms with Gasteiger partial charge in [0.15, 0.2) is 5.78 Å². The van der Waals surface area contributed by atoms with Crippen LogP contribution in [0.1, 0.15) is 10.4 Å². The number of methoxy groups -OCH3 is 1. The summed E-state index contributed by atoms with van der Waals surface area (Å²) in [5.41, 5.74) is 0.623. The largest absolute Gasteiger partial charge is 0.490 e. The van der Waals surface area contributed by atoms with Gasteiger partial charge in [-0.25, -0.2) is 0 Å². The standard InChI is InChI=1S/C13H19NO3/c1-14(2)10-12(15)11-6-4-5-7-13(11)17-9-8-16-3/h4-7H,8-10H2,1-3H3. The van der Waals surface area contributed by atoms with Gasteiger partial charge in [-0.05, 0) is 26.2 Å². The molecule has 0 aromatic heterocycles. The molecule has 4 heteroatoms. The smallest absolute Gasteiger partial charge is 0.180 e. The number of carbonyl (C=O) groups is 1. The predicted octanol–water partition coefficient (Wildman–Crippen LogP) is 1.46. The normalized spacial score (nSPS) is 10.6. The summed E-state index contributed by atoms with van der Waals surface area (Å²) in [5, 5.41) is 0. The average Bonchev–Trinajstić information content (AvgIpc) is 2.29. The predicted molar refractivity (Wildman–Crippen MR) is 66.7 cm³/mol. The number of Topliss-reactive ketones (excluding diaryl/α,β-unsaturated/α-hetero) is 1. The molecule has 1 aromatic carbocycles. The highest BCUT2D eigenvalue weighted by Crippen LogP contribution is 2.18. The van der Waals surface area contributed by atoms with Crippen LogP contribution in [-0.2, 0) is 4.74 Å². The SMILES string of the molecule is COCCOc1ccccc1C(=O)CN(C)C. The van der Waals surface area contributed by atoms with Gasteiger partial charge >= 0.3 is 0 Å². The lowest BCUT2D eigenvalue weighted by atomic mass is 10.1. The minimum absolute atomic E-state index is 0.0583. The summed E-state index contributed by atoms with van der Waals surface area (Å²) in [5.74, 6) is 0.680. The Morgan fingerprint density at radius 2 is 1.94 bits per heavy atom. The Bertz CT molecular complexity index is 363. The van der Waals surface area contributed by atoms with Crippen molar-refractivity contribution in [3.63, 3.8) is 0 Å². The molecule has 0 saturated carbocycles. The van der Waals surface area contributed by atoms with Crippen molar-refractivity contribution in [1.29, 1.82) is 0 Å². The molecule has 4 nitrogen and oxygen atoms in total. The number of para-hydroxylation sites is 1. The monoisotopic (exact) mass is 237 g/mol. The van der Waals surface area contributed by atoms with E-state index in [-0.39, 0.29) is 5.78 Å². The molecule has 0 spiro atoms. The van der Waals surface area contributed by atoms with E-state index < -0.39 is 0 Å². The molecule has 1 rings (SSSR count). The molecule has 17 heavy (non-hydrogen) atoms. The summed E-state index contributed by atoms with van der Waals surface area (Å²) in [4.78, 5) is 13.8. The van der Waals surface area contributed by atoms with Crippen LogP contribution in [0.15, 0.2) is 24.3 Å². The molecule has 0 aliphatic rings. The van der Waals surface area contributed by atoms with E-state index in [0.29, 0.717) is 31.1 Å². The third-order valence-electron chi connectivity index (χ3n) is 2.19. The number of ketones is 1. The number of hydrogen-bond acceptors (Lipinski definition) is 4. The van der Waals surface area contributed by atoms with Crippen LogP contribution >= 0.6 is 0 Å². The number of benzene rings is 1. The molecule has 0 aliphatic carbocycles. The van der Waals surface area contributed by atoms with E-state index in [1.165, 1.54) is 0 Å². The van der Waals surface area contributed by atoms with Crippen molar-refractivity contribution in [2.24, 2.45) is 0 Å². The summed E-state index contributed by atoms with van der Waals surface area (Å²) in [6, 6.07) is 7.28. The highest BCUT2D eigenvalue weighted by Gasteiger charge is 2.12. The molecule has 0 aliphatic heterocycles. The third kappa shape index (κ3) is 4.54. The lowest BCUT2D eigenvalue weighted by Gasteiger charge is -2.12. The molecule has 0 unspecified atom stereocenters. The van der Waals surface area contributed by atoms with E-state index in [1.807, 2.05) is 31.1 Å². The fraction of sp³-hybridized carbons (Fsp3) is 0.462. The summed E-state index contributed by atoms with van der Waals surface area (Å²) >= 11 is 0. The Hall–Kier alpha value is -1.39. The van der Waals surface area contributed by atoms with Crippen molar-refractivity contribution < 1.29 is 14.3 Å². The first-order valence-electron chi connectivity index (χ1n) is 5.54. The molecule has 0 heterocycles. The quantitative estimate of drug-likeness (QED) is 0.531. The molecule has 0 fully saturated rings. The number of nitrogens with zero attached hydrogens (tertiary/aromatic N) is 1. The van der Waals surface area contributed by atoms with Gasteiger partial charge in [-0.1, -0.05) is 12.1 Å². The summed E-state index contributed by atoms with van der Waals surface area (Å²) < 4.78 is 10.4. The summed E-state index contributed by atoms with van der Waals surface area (Å²) in [6.07, 6.45) is 0. The van der Waals surface area contributed by atoms with E-state index in [9.17, 15) is 4.79 Å². The molecule has 0 saturated heterocycles. The van der Waals surface area contributed by atoms with Crippen LogP contribution in [0.3, 0.4) is 0 Å². The zero-order valence-corrected chi connectivity index (χ0v) is 10.6. The van der Waals surface area contributed by atoms with Gasteiger partial charge in [0.2, 0.25) is 0 Å². The van der Waals surface area contributed by atoms with Gasteiger partial charge in [-0.15, -0.1) is 0 Å². The highest BCUT2D eigenvalue weighted by molar-refractivity contribution is 6.00. The second kappa shape index (κ2) is 7.04. The Balaban J connectivity index is 2.73. The Kier molecular flexibility index (Phi) is 5.66. The molecular formula is C13H19NO3. The molecule has 0 amide bonds. The van der Waals surface area contributed by atoms with Crippen LogP contribution < -0.4 is 4.74 Å². The molecule has 0 bridgehead atoms. The third-order valence-corrected chi connectivity index (χ3v) is 2.19. The van der Waals surface area contributed by atoms with Crippen molar-refractivity contribution in [2.45, 2.75) is 0 Å². The molecular weight excluding hydrogens is 218 g/mol. The lowest BCUT2D eigenvalue weighted by Crippen LogP contribution is -2.22. The number of rotatable bonds is 7. The summed E-state index contributed by atoms with van der Waals surface area (Å²) in [6.45, 7) is 1.34. The Labute approximate surface area is 102 Å². The molecule has 0 radical (unpaired) electrons. The van der Waals surface area contributed by atoms with Crippen molar-refractivity contribution in [3.8, 4) is 5.75 Å². The Morgan fingerprint density at radius 1 is 1.24 bits per heavy atom. The average molecular weight is 237 g/mol. The summed E-state index contributed by atoms with van der Waals surface area (Å²) in [7, 11) is 5.35. The van der Waals surface area contributed by atoms with Gasteiger partial charge in [-0.2, -0.15) is 0 Å². The fourth-order valence-corrected chi connectivity index (χ4v) is 1.43. The maximum atomic E-state index is 12.0. The van der Waals surface area contributed by atoms with Gasteiger partial charge in [0, 0.05) is 7.11 Å². The van der Waals surface area contributed by atoms with Crippen molar-refractivity contribution in [3.05, 3.63) is 29.8 Å². The van der Waals surface area contributed by atoms with Crippen LogP contribution in [0.25, 0.3) is 0 Å². The lowest BCUT2D eigenvalue weighted by molar-refractivity contribution is 0.0950. The Morgan fingerprint density at radius 3 is 2.59 bits per heavy atom. The van der Waals surface area contributed by atoms with Crippen LogP contribution in [-0.4, -0.2) is 51.6 Å².